The zero-order chi connectivity index (χ0) is 13.7. The van der Waals surface area contributed by atoms with Crippen LogP contribution < -0.4 is 5.32 Å². The number of hydrogen-bond acceptors (Lipinski definition) is 4. The number of fused-ring (bicyclic) bond motifs is 2. The lowest BCUT2D eigenvalue weighted by molar-refractivity contribution is -0.122. The Labute approximate surface area is 124 Å². The maximum absolute atomic E-state index is 12.4. The maximum atomic E-state index is 12.4. The minimum atomic E-state index is -0.382. The average Bonchev–Trinajstić information content (AvgIpc) is 3.16. The number of nitrogens with one attached hydrogen (secondary N) is 1. The normalized spacial score (nSPS) is 49.2. The van der Waals surface area contributed by atoms with Gasteiger partial charge in [0.1, 0.15) is 4.75 Å². The van der Waals surface area contributed by atoms with Gasteiger partial charge in [0, 0.05) is 12.5 Å². The first-order valence-electron chi connectivity index (χ1n) is 7.81. The Balaban J connectivity index is 1.50. The predicted molar refractivity (Wildman–Crippen MR) is 79.7 cm³/mol. The number of nitrogens with zero attached hydrogens (tertiary/aromatic N) is 1. The topological polar surface area (TPSA) is 50.7 Å². The highest BCUT2D eigenvalue weighted by molar-refractivity contribution is 8.16. The summed E-state index contributed by atoms with van der Waals surface area (Å²) in [6, 6.07) is 0.457. The molecular formula is C15H22N2O2S. The number of aliphatic imine (C=N–C) groups is 1. The quantitative estimate of drug-likeness (QED) is 0.849. The number of amides is 1. The standard InChI is InChI=1S/C15H22N2O2S/c1-15(11-4-5-19-8-11)13(18)17-14(20-15)16-12-7-9-2-3-10(12)6-9/h9-12H,2-8H2,1H3,(H,16,17,18)/t9-,10+,11?,12+,15+/m1/s1. The molecule has 2 aliphatic carbocycles. The van der Waals surface area contributed by atoms with E-state index >= 15 is 0 Å². The molecule has 4 nitrogen and oxygen atoms in total. The summed E-state index contributed by atoms with van der Waals surface area (Å²) in [5.41, 5.74) is 0. The minimum Gasteiger partial charge on any atom is -0.381 e. The monoisotopic (exact) mass is 294 g/mol. The molecular weight excluding hydrogens is 272 g/mol. The first-order chi connectivity index (χ1) is 9.65. The second-order valence-corrected chi connectivity index (χ2v) is 8.34. The van der Waals surface area contributed by atoms with E-state index in [0.717, 1.165) is 30.0 Å². The Morgan fingerprint density at radius 2 is 2.25 bits per heavy atom. The largest absolute Gasteiger partial charge is 0.381 e. The van der Waals surface area contributed by atoms with Crippen molar-refractivity contribution in [1.82, 2.24) is 5.32 Å². The first kappa shape index (κ1) is 13.1. The maximum Gasteiger partial charge on any atom is 0.242 e. The Morgan fingerprint density at radius 3 is 2.90 bits per heavy atom. The molecule has 5 atom stereocenters. The number of amidine groups is 1. The van der Waals surface area contributed by atoms with E-state index in [1.165, 1.54) is 25.7 Å². The molecule has 20 heavy (non-hydrogen) atoms. The van der Waals surface area contributed by atoms with Gasteiger partial charge in [0.25, 0.3) is 0 Å². The van der Waals surface area contributed by atoms with Gasteiger partial charge in [-0.2, -0.15) is 0 Å². The van der Waals surface area contributed by atoms with E-state index in [0.29, 0.717) is 18.6 Å². The first-order valence-corrected chi connectivity index (χ1v) is 8.63. The van der Waals surface area contributed by atoms with Crippen LogP contribution in [0.25, 0.3) is 0 Å². The highest BCUT2D eigenvalue weighted by Gasteiger charge is 2.50. The second kappa shape index (κ2) is 4.73. The fraction of sp³-hybridized carbons (Fsp3) is 0.867. The molecule has 2 bridgehead atoms. The van der Waals surface area contributed by atoms with E-state index in [2.05, 4.69) is 12.2 Å². The molecule has 0 aromatic heterocycles. The fourth-order valence-electron chi connectivity index (χ4n) is 4.31. The summed E-state index contributed by atoms with van der Waals surface area (Å²) in [5.74, 6) is 2.11. The molecule has 5 heteroatoms. The summed E-state index contributed by atoms with van der Waals surface area (Å²) in [6.45, 7) is 3.54. The number of rotatable bonds is 2. The van der Waals surface area contributed by atoms with Crippen LogP contribution in [-0.2, 0) is 9.53 Å². The highest BCUT2D eigenvalue weighted by atomic mass is 32.2. The number of carbonyl (C=O) groups excluding carboxylic acids is 1. The van der Waals surface area contributed by atoms with Crippen molar-refractivity contribution in [3.05, 3.63) is 0 Å². The molecule has 4 rings (SSSR count). The van der Waals surface area contributed by atoms with Crippen LogP contribution in [0.2, 0.25) is 0 Å². The molecule has 0 spiro atoms. The van der Waals surface area contributed by atoms with E-state index in [-0.39, 0.29) is 10.7 Å². The van der Waals surface area contributed by atoms with Crippen molar-refractivity contribution in [3.8, 4) is 0 Å². The number of carbonyl (C=O) groups is 1. The van der Waals surface area contributed by atoms with Crippen LogP contribution in [0.15, 0.2) is 4.99 Å². The fourth-order valence-corrected chi connectivity index (χ4v) is 5.54. The van der Waals surface area contributed by atoms with Crippen molar-refractivity contribution < 1.29 is 9.53 Å². The van der Waals surface area contributed by atoms with Crippen molar-refractivity contribution in [3.63, 3.8) is 0 Å². The molecule has 2 aliphatic heterocycles. The minimum absolute atomic E-state index is 0.125. The van der Waals surface area contributed by atoms with Crippen molar-refractivity contribution in [2.24, 2.45) is 22.7 Å². The van der Waals surface area contributed by atoms with Crippen LogP contribution >= 0.6 is 11.8 Å². The third kappa shape index (κ3) is 2.01. The van der Waals surface area contributed by atoms with Gasteiger partial charge in [0.15, 0.2) is 5.17 Å². The zero-order valence-electron chi connectivity index (χ0n) is 11.9. The van der Waals surface area contributed by atoms with Crippen molar-refractivity contribution in [2.45, 2.75) is 49.8 Å². The van der Waals surface area contributed by atoms with E-state index in [1.807, 2.05) is 0 Å². The van der Waals surface area contributed by atoms with Crippen molar-refractivity contribution in [1.29, 1.82) is 0 Å². The summed E-state index contributed by atoms with van der Waals surface area (Å²) < 4.78 is 5.08. The van der Waals surface area contributed by atoms with Crippen LogP contribution in [0.1, 0.15) is 39.0 Å². The van der Waals surface area contributed by atoms with Gasteiger partial charge in [0.05, 0.1) is 12.6 Å². The molecule has 2 saturated carbocycles. The third-order valence-electron chi connectivity index (χ3n) is 5.67. The molecule has 2 saturated heterocycles. The van der Waals surface area contributed by atoms with Crippen LogP contribution in [0.5, 0.6) is 0 Å². The summed E-state index contributed by atoms with van der Waals surface area (Å²) in [6.07, 6.45) is 6.29. The molecule has 1 N–H and O–H groups in total. The third-order valence-corrected chi connectivity index (χ3v) is 7.02. The SMILES string of the molecule is C[C@@]1(C2CCOC2)SC(=N[C@H]2C[C@@H]3CC[C@H]2C3)NC1=O. The number of thioether (sulfide) groups is 1. The molecule has 1 amide bonds. The summed E-state index contributed by atoms with van der Waals surface area (Å²) >= 11 is 1.64. The molecule has 4 fully saturated rings. The Morgan fingerprint density at radius 1 is 1.35 bits per heavy atom. The van der Waals surface area contributed by atoms with E-state index in [4.69, 9.17) is 9.73 Å². The van der Waals surface area contributed by atoms with Gasteiger partial charge in [-0.05, 0) is 44.4 Å². The smallest absolute Gasteiger partial charge is 0.242 e. The van der Waals surface area contributed by atoms with Gasteiger partial charge in [0.2, 0.25) is 5.91 Å². The molecule has 4 aliphatic rings. The highest BCUT2D eigenvalue weighted by Crippen LogP contribution is 2.47. The van der Waals surface area contributed by atoms with Gasteiger partial charge >= 0.3 is 0 Å². The molecule has 0 aromatic rings. The molecule has 0 aromatic carbocycles. The summed E-state index contributed by atoms with van der Waals surface area (Å²) in [4.78, 5) is 17.2. The number of ether oxygens (including phenoxy) is 1. The van der Waals surface area contributed by atoms with E-state index < -0.39 is 0 Å². The second-order valence-electron chi connectivity index (χ2n) is 6.90. The summed E-state index contributed by atoms with van der Waals surface area (Å²) in [7, 11) is 0. The van der Waals surface area contributed by atoms with Crippen LogP contribution in [0, 0.1) is 17.8 Å². The van der Waals surface area contributed by atoms with Crippen molar-refractivity contribution in [2.75, 3.05) is 13.2 Å². The van der Waals surface area contributed by atoms with Gasteiger partial charge in [-0.15, -0.1) is 0 Å². The lowest BCUT2D eigenvalue weighted by Crippen LogP contribution is -2.40. The molecule has 2 heterocycles. The van der Waals surface area contributed by atoms with Crippen LogP contribution in [-0.4, -0.2) is 35.1 Å². The zero-order valence-corrected chi connectivity index (χ0v) is 12.7. The number of hydrogen-bond donors (Lipinski definition) is 1. The Kier molecular flexibility index (Phi) is 3.11. The van der Waals surface area contributed by atoms with E-state index in [9.17, 15) is 4.79 Å². The van der Waals surface area contributed by atoms with Gasteiger partial charge in [-0.1, -0.05) is 18.2 Å². The molecule has 110 valence electrons. The lowest BCUT2D eigenvalue weighted by Gasteiger charge is -2.25. The van der Waals surface area contributed by atoms with Gasteiger partial charge < -0.3 is 10.1 Å². The molecule has 1 unspecified atom stereocenters. The molecule has 0 radical (unpaired) electrons. The summed E-state index contributed by atoms with van der Waals surface area (Å²) in [5, 5.41) is 3.89. The van der Waals surface area contributed by atoms with E-state index in [1.54, 1.807) is 11.8 Å². The Bertz CT molecular complexity index is 461. The van der Waals surface area contributed by atoms with Crippen LogP contribution in [0.3, 0.4) is 0 Å². The average molecular weight is 294 g/mol. The Hall–Kier alpha value is -0.550. The van der Waals surface area contributed by atoms with Gasteiger partial charge in [-0.25, -0.2) is 0 Å². The lowest BCUT2D eigenvalue weighted by atomic mass is 9.92. The van der Waals surface area contributed by atoms with Crippen molar-refractivity contribution >= 4 is 22.8 Å². The predicted octanol–water partition coefficient (Wildman–Crippen LogP) is 2.19. The van der Waals surface area contributed by atoms with Gasteiger partial charge in [-0.3, -0.25) is 9.79 Å². The van der Waals surface area contributed by atoms with Crippen LogP contribution in [0.4, 0.5) is 0 Å².